The Kier molecular flexibility index (Phi) is 7.78. The molecule has 1 heterocycles. The summed E-state index contributed by atoms with van der Waals surface area (Å²) in [6, 6.07) is 7.39. The summed E-state index contributed by atoms with van der Waals surface area (Å²) >= 11 is 5.85. The fraction of sp³-hybridized carbons (Fsp3) is 0.600. The minimum absolute atomic E-state index is 0.0274. The molecule has 0 bridgehead atoms. The number of carbonyl (C=O) groups excluding carboxylic acids is 2. The first kappa shape index (κ1) is 21.4. The third-order valence-corrected chi connectivity index (χ3v) is 5.30. The number of carbonyl (C=O) groups is 2. The van der Waals surface area contributed by atoms with E-state index in [-0.39, 0.29) is 30.3 Å². The second kappa shape index (κ2) is 9.83. The Hall–Kier alpha value is -1.95. The SMILES string of the molecule is CCOc1ccccc1OCC(=O)N1CCC(NC(=O)C(C)(C)CCl)CC1. The first-order valence-electron chi connectivity index (χ1n) is 9.36. The van der Waals surface area contributed by atoms with E-state index >= 15 is 0 Å². The number of hydrogen-bond donors (Lipinski definition) is 1. The Morgan fingerprint density at radius 3 is 2.33 bits per heavy atom. The third kappa shape index (κ3) is 6.03. The average molecular weight is 397 g/mol. The Morgan fingerprint density at radius 1 is 1.19 bits per heavy atom. The highest BCUT2D eigenvalue weighted by Gasteiger charge is 2.30. The lowest BCUT2D eigenvalue weighted by atomic mass is 9.93. The van der Waals surface area contributed by atoms with Gasteiger partial charge in [0.05, 0.1) is 12.0 Å². The van der Waals surface area contributed by atoms with E-state index in [0.717, 1.165) is 12.8 Å². The molecule has 1 saturated heterocycles. The van der Waals surface area contributed by atoms with Crippen molar-refractivity contribution in [2.45, 2.75) is 39.7 Å². The number of piperidine rings is 1. The molecule has 0 unspecified atom stereocenters. The molecule has 0 atom stereocenters. The first-order valence-corrected chi connectivity index (χ1v) is 9.90. The number of rotatable bonds is 8. The molecule has 7 heteroatoms. The van der Waals surface area contributed by atoms with Gasteiger partial charge >= 0.3 is 0 Å². The van der Waals surface area contributed by atoms with E-state index in [1.807, 2.05) is 39.0 Å². The number of likely N-dealkylation sites (tertiary alicyclic amines) is 1. The third-order valence-electron chi connectivity index (χ3n) is 4.63. The number of benzene rings is 1. The predicted molar refractivity (Wildman–Crippen MR) is 105 cm³/mol. The lowest BCUT2D eigenvalue weighted by Gasteiger charge is -2.34. The van der Waals surface area contributed by atoms with E-state index in [9.17, 15) is 9.59 Å². The molecule has 6 nitrogen and oxygen atoms in total. The maximum absolute atomic E-state index is 12.4. The van der Waals surface area contributed by atoms with Crippen LogP contribution in [0.4, 0.5) is 0 Å². The van der Waals surface area contributed by atoms with E-state index in [1.165, 1.54) is 0 Å². The van der Waals surface area contributed by atoms with Gasteiger partial charge in [0.15, 0.2) is 18.1 Å². The molecule has 0 radical (unpaired) electrons. The number of nitrogens with zero attached hydrogens (tertiary/aromatic N) is 1. The van der Waals surface area contributed by atoms with Crippen LogP contribution in [-0.2, 0) is 9.59 Å². The van der Waals surface area contributed by atoms with Crippen molar-refractivity contribution in [3.63, 3.8) is 0 Å². The van der Waals surface area contributed by atoms with Gasteiger partial charge in [0.25, 0.3) is 5.91 Å². The number of ether oxygens (including phenoxy) is 2. The van der Waals surface area contributed by atoms with E-state index in [0.29, 0.717) is 31.2 Å². The van der Waals surface area contributed by atoms with Crippen molar-refractivity contribution in [2.75, 3.05) is 32.2 Å². The van der Waals surface area contributed by atoms with Crippen LogP contribution in [0.3, 0.4) is 0 Å². The molecule has 0 saturated carbocycles. The van der Waals surface area contributed by atoms with Crippen LogP contribution in [0.1, 0.15) is 33.6 Å². The van der Waals surface area contributed by atoms with Crippen LogP contribution in [0.15, 0.2) is 24.3 Å². The summed E-state index contributed by atoms with van der Waals surface area (Å²) in [7, 11) is 0. The van der Waals surface area contributed by atoms with Gasteiger partial charge in [-0.3, -0.25) is 9.59 Å². The summed E-state index contributed by atoms with van der Waals surface area (Å²) in [5, 5.41) is 3.04. The number of nitrogens with one attached hydrogen (secondary N) is 1. The molecule has 27 heavy (non-hydrogen) atoms. The molecule has 1 aliphatic rings. The van der Waals surface area contributed by atoms with E-state index in [1.54, 1.807) is 11.0 Å². The van der Waals surface area contributed by atoms with Crippen molar-refractivity contribution < 1.29 is 19.1 Å². The molecule has 2 amide bonds. The summed E-state index contributed by atoms with van der Waals surface area (Å²) in [5.41, 5.74) is -0.587. The van der Waals surface area contributed by atoms with Crippen LogP contribution >= 0.6 is 11.6 Å². The second-order valence-electron chi connectivity index (χ2n) is 7.31. The van der Waals surface area contributed by atoms with E-state index in [4.69, 9.17) is 21.1 Å². The highest BCUT2D eigenvalue weighted by molar-refractivity contribution is 6.19. The average Bonchev–Trinajstić information content (AvgIpc) is 2.67. The monoisotopic (exact) mass is 396 g/mol. The topological polar surface area (TPSA) is 67.9 Å². The molecule has 0 aliphatic carbocycles. The highest BCUT2D eigenvalue weighted by atomic mass is 35.5. The van der Waals surface area contributed by atoms with Crippen LogP contribution in [-0.4, -0.2) is 54.9 Å². The number of halogens is 1. The van der Waals surface area contributed by atoms with Crippen molar-refractivity contribution in [3.05, 3.63) is 24.3 Å². The molecule has 1 fully saturated rings. The maximum Gasteiger partial charge on any atom is 0.260 e. The summed E-state index contributed by atoms with van der Waals surface area (Å²) in [4.78, 5) is 26.4. The summed E-state index contributed by atoms with van der Waals surface area (Å²) < 4.78 is 11.2. The molecule has 0 aromatic heterocycles. The Labute approximate surface area is 166 Å². The zero-order valence-corrected chi connectivity index (χ0v) is 17.1. The minimum atomic E-state index is -0.587. The molecule has 1 N–H and O–H groups in total. The van der Waals surface area contributed by atoms with Gasteiger partial charge in [-0.15, -0.1) is 11.6 Å². The van der Waals surface area contributed by atoms with Crippen LogP contribution in [0.2, 0.25) is 0 Å². The van der Waals surface area contributed by atoms with Crippen LogP contribution in [0.5, 0.6) is 11.5 Å². The quantitative estimate of drug-likeness (QED) is 0.686. The highest BCUT2D eigenvalue weighted by Crippen LogP contribution is 2.26. The summed E-state index contributed by atoms with van der Waals surface area (Å²) in [6.45, 7) is 7.26. The standard InChI is InChI=1S/C20H29ClN2O4/c1-4-26-16-7-5-6-8-17(16)27-13-18(24)23-11-9-15(10-12-23)22-19(25)20(2,3)14-21/h5-8,15H,4,9-14H2,1-3H3,(H,22,25). The van der Waals surface area contributed by atoms with Gasteiger partial charge in [-0.05, 0) is 45.7 Å². The fourth-order valence-electron chi connectivity index (χ4n) is 2.79. The zero-order chi connectivity index (χ0) is 19.9. The van der Waals surface area contributed by atoms with E-state index < -0.39 is 5.41 Å². The van der Waals surface area contributed by atoms with Crippen molar-refractivity contribution in [1.82, 2.24) is 10.2 Å². The molecule has 150 valence electrons. The van der Waals surface area contributed by atoms with Crippen molar-refractivity contribution in [2.24, 2.45) is 5.41 Å². The van der Waals surface area contributed by atoms with E-state index in [2.05, 4.69) is 5.32 Å². The molecular formula is C20H29ClN2O4. The van der Waals surface area contributed by atoms with Crippen molar-refractivity contribution in [1.29, 1.82) is 0 Å². The molecule has 1 aromatic carbocycles. The maximum atomic E-state index is 12.4. The van der Waals surface area contributed by atoms with Gasteiger partial charge in [-0.25, -0.2) is 0 Å². The second-order valence-corrected chi connectivity index (χ2v) is 7.58. The molecule has 1 aromatic rings. The summed E-state index contributed by atoms with van der Waals surface area (Å²) in [6.07, 6.45) is 1.46. The number of hydrogen-bond acceptors (Lipinski definition) is 4. The lowest BCUT2D eigenvalue weighted by Crippen LogP contribution is -2.50. The summed E-state index contributed by atoms with van der Waals surface area (Å²) in [5.74, 6) is 1.37. The fourth-order valence-corrected chi connectivity index (χ4v) is 2.91. The minimum Gasteiger partial charge on any atom is -0.490 e. The smallest absolute Gasteiger partial charge is 0.260 e. The van der Waals surface area contributed by atoms with Gasteiger partial charge in [0.1, 0.15) is 0 Å². The first-order chi connectivity index (χ1) is 12.9. The van der Waals surface area contributed by atoms with Gasteiger partial charge < -0.3 is 19.7 Å². The molecule has 0 spiro atoms. The molecule has 1 aliphatic heterocycles. The van der Waals surface area contributed by atoms with Gasteiger partial charge in [0.2, 0.25) is 5.91 Å². The molecular weight excluding hydrogens is 368 g/mol. The van der Waals surface area contributed by atoms with Crippen LogP contribution < -0.4 is 14.8 Å². The van der Waals surface area contributed by atoms with Gasteiger partial charge in [-0.1, -0.05) is 12.1 Å². The number of alkyl halides is 1. The number of amides is 2. The zero-order valence-electron chi connectivity index (χ0n) is 16.3. The van der Waals surface area contributed by atoms with Gasteiger partial charge in [-0.2, -0.15) is 0 Å². The Balaban J connectivity index is 1.79. The largest absolute Gasteiger partial charge is 0.490 e. The predicted octanol–water partition coefficient (Wildman–Crippen LogP) is 2.84. The Morgan fingerprint density at radius 2 is 1.78 bits per heavy atom. The normalized spacial score (nSPS) is 15.3. The van der Waals surface area contributed by atoms with Gasteiger partial charge in [0, 0.05) is 25.0 Å². The van der Waals surface area contributed by atoms with Crippen LogP contribution in [0, 0.1) is 5.41 Å². The molecule has 2 rings (SSSR count). The van der Waals surface area contributed by atoms with Crippen LogP contribution in [0.25, 0.3) is 0 Å². The lowest BCUT2D eigenvalue weighted by molar-refractivity contribution is -0.134. The number of para-hydroxylation sites is 2. The van der Waals surface area contributed by atoms with Crippen molar-refractivity contribution in [3.8, 4) is 11.5 Å². The Bertz CT molecular complexity index is 643. The van der Waals surface area contributed by atoms with Crippen molar-refractivity contribution >= 4 is 23.4 Å².